The Morgan fingerprint density at radius 3 is 2.61 bits per heavy atom. The molecule has 1 aliphatic heterocycles. The number of carbonyl (C=O) groups is 1. The average Bonchev–Trinajstić information content (AvgIpc) is 2.86. The Hall–Kier alpha value is -3.10. The zero-order chi connectivity index (χ0) is 23.5. The highest BCUT2D eigenvalue weighted by molar-refractivity contribution is 5.96. The van der Waals surface area contributed by atoms with E-state index in [2.05, 4.69) is 45.5 Å². The molecule has 1 heterocycles. The second kappa shape index (κ2) is 12.8. The summed E-state index contributed by atoms with van der Waals surface area (Å²) < 4.78 is 16.7. The van der Waals surface area contributed by atoms with E-state index in [4.69, 9.17) is 19.9 Å². The van der Waals surface area contributed by atoms with Gasteiger partial charge in [0.1, 0.15) is 5.75 Å². The molecule has 2 aromatic carbocycles. The Morgan fingerprint density at radius 2 is 1.91 bits per heavy atom. The normalized spacial score (nSPS) is 14.2. The molecule has 0 radical (unpaired) electrons. The van der Waals surface area contributed by atoms with Crippen molar-refractivity contribution in [2.45, 2.75) is 19.3 Å². The van der Waals surface area contributed by atoms with Crippen LogP contribution in [0.15, 0.2) is 47.5 Å². The number of nitrogens with zero attached hydrogens (tertiary/aromatic N) is 2. The van der Waals surface area contributed by atoms with Crippen LogP contribution in [0.1, 0.15) is 18.4 Å². The molecule has 8 nitrogen and oxygen atoms in total. The number of nitrogens with one attached hydrogen (secondary N) is 1. The van der Waals surface area contributed by atoms with Crippen LogP contribution in [0, 0.1) is 0 Å². The molecular weight excluding hydrogens is 420 g/mol. The monoisotopic (exact) mass is 454 g/mol. The smallest absolute Gasteiger partial charge is 0.226 e. The van der Waals surface area contributed by atoms with Crippen molar-refractivity contribution in [2.75, 3.05) is 58.6 Å². The van der Waals surface area contributed by atoms with Crippen molar-refractivity contribution >= 4 is 17.6 Å². The number of morpholine rings is 1. The Kier molecular flexibility index (Phi) is 9.53. The van der Waals surface area contributed by atoms with E-state index in [9.17, 15) is 4.79 Å². The molecule has 178 valence electrons. The molecular formula is C25H34N4O4. The summed E-state index contributed by atoms with van der Waals surface area (Å²) in [6, 6.07) is 14.7. The third-order valence-electron chi connectivity index (χ3n) is 5.50. The van der Waals surface area contributed by atoms with Gasteiger partial charge in [0, 0.05) is 57.9 Å². The number of aliphatic imine (C=N–C) groups is 1. The zero-order valence-corrected chi connectivity index (χ0v) is 19.5. The Labute approximate surface area is 195 Å². The van der Waals surface area contributed by atoms with Crippen molar-refractivity contribution in [3.63, 3.8) is 0 Å². The van der Waals surface area contributed by atoms with E-state index in [-0.39, 0.29) is 11.9 Å². The summed E-state index contributed by atoms with van der Waals surface area (Å²) in [6.45, 7) is 4.54. The molecule has 1 amide bonds. The van der Waals surface area contributed by atoms with Gasteiger partial charge in [0.05, 0.1) is 19.8 Å². The number of ether oxygens (including phenoxy) is 3. The summed E-state index contributed by atoms with van der Waals surface area (Å²) in [7, 11) is 3.22. The van der Waals surface area contributed by atoms with E-state index in [0.29, 0.717) is 26.1 Å². The topological polar surface area (TPSA) is 98.4 Å². The number of rotatable bonds is 10. The van der Waals surface area contributed by atoms with Gasteiger partial charge >= 0.3 is 0 Å². The average molecular weight is 455 g/mol. The van der Waals surface area contributed by atoms with Gasteiger partial charge in [0.2, 0.25) is 5.91 Å². The second-order valence-corrected chi connectivity index (χ2v) is 7.83. The highest BCUT2D eigenvalue weighted by Gasteiger charge is 2.13. The fourth-order valence-corrected chi connectivity index (χ4v) is 3.66. The summed E-state index contributed by atoms with van der Waals surface area (Å²) in [6.07, 6.45) is 1.69. The van der Waals surface area contributed by atoms with Gasteiger partial charge in [-0.15, -0.1) is 0 Å². The summed E-state index contributed by atoms with van der Waals surface area (Å²) in [5.41, 5.74) is 9.90. The Morgan fingerprint density at radius 1 is 1.15 bits per heavy atom. The standard InChI is InChI=1S/C25H34N4O4/c1-27-25(26)28-24(30)11-5-19-4-10-22(23(18-19)33-15-3-14-31-2)20-6-8-21(9-7-20)29-12-16-32-17-13-29/h4,6-10,18H,3,5,11-17H2,1-2H3,(H3,26,27,28,30). The molecule has 1 fully saturated rings. The first-order valence-electron chi connectivity index (χ1n) is 11.3. The molecule has 0 aromatic heterocycles. The molecule has 1 aliphatic rings. The van der Waals surface area contributed by atoms with E-state index >= 15 is 0 Å². The number of hydrogen-bond donors (Lipinski definition) is 2. The van der Waals surface area contributed by atoms with E-state index in [1.54, 1.807) is 7.11 Å². The van der Waals surface area contributed by atoms with Crippen LogP contribution in [0.4, 0.5) is 5.69 Å². The molecule has 33 heavy (non-hydrogen) atoms. The number of benzene rings is 2. The molecule has 3 rings (SSSR count). The summed E-state index contributed by atoms with van der Waals surface area (Å²) in [4.78, 5) is 18.1. The lowest BCUT2D eigenvalue weighted by molar-refractivity contribution is -0.119. The number of aryl methyl sites for hydroxylation is 1. The minimum atomic E-state index is -0.163. The summed E-state index contributed by atoms with van der Waals surface area (Å²) in [5, 5.41) is 2.56. The number of carbonyl (C=O) groups excluding carboxylic acids is 1. The summed E-state index contributed by atoms with van der Waals surface area (Å²) in [5.74, 6) is 0.763. The number of amides is 1. The maximum Gasteiger partial charge on any atom is 0.226 e. The third-order valence-corrected chi connectivity index (χ3v) is 5.50. The molecule has 1 saturated heterocycles. The molecule has 0 saturated carbocycles. The van der Waals surface area contributed by atoms with Crippen molar-refractivity contribution in [1.29, 1.82) is 0 Å². The molecule has 0 unspecified atom stereocenters. The Bertz CT molecular complexity index is 925. The maximum absolute atomic E-state index is 12.0. The first kappa shape index (κ1) is 24.5. The van der Waals surface area contributed by atoms with Gasteiger partial charge in [-0.05, 0) is 35.7 Å². The van der Waals surface area contributed by atoms with Gasteiger partial charge < -0.3 is 24.8 Å². The number of methoxy groups -OCH3 is 1. The van der Waals surface area contributed by atoms with Crippen LogP contribution < -0.4 is 20.7 Å². The predicted octanol–water partition coefficient (Wildman–Crippen LogP) is 2.60. The quantitative estimate of drug-likeness (QED) is 0.325. The number of guanidine groups is 1. The molecule has 8 heteroatoms. The van der Waals surface area contributed by atoms with Crippen molar-refractivity contribution in [3.8, 4) is 16.9 Å². The number of hydrogen-bond acceptors (Lipinski definition) is 6. The van der Waals surface area contributed by atoms with Gasteiger partial charge in [-0.1, -0.05) is 24.3 Å². The first-order chi connectivity index (χ1) is 16.1. The van der Waals surface area contributed by atoms with Gasteiger partial charge in [0.15, 0.2) is 5.96 Å². The fraction of sp³-hybridized carbons (Fsp3) is 0.440. The molecule has 0 atom stereocenters. The largest absolute Gasteiger partial charge is 0.493 e. The van der Waals surface area contributed by atoms with Gasteiger partial charge in [-0.25, -0.2) is 0 Å². The number of anilines is 1. The van der Waals surface area contributed by atoms with Crippen molar-refractivity contribution in [1.82, 2.24) is 5.32 Å². The molecule has 0 bridgehead atoms. The SMILES string of the molecule is CN=C(N)NC(=O)CCc1ccc(-c2ccc(N3CCOCC3)cc2)c(OCCCOC)c1. The fourth-order valence-electron chi connectivity index (χ4n) is 3.66. The lowest BCUT2D eigenvalue weighted by Gasteiger charge is -2.29. The molecule has 2 aromatic rings. The van der Waals surface area contributed by atoms with Crippen LogP contribution in [0.5, 0.6) is 5.75 Å². The van der Waals surface area contributed by atoms with Crippen LogP contribution in [-0.4, -0.2) is 65.5 Å². The van der Waals surface area contributed by atoms with E-state index in [0.717, 1.165) is 55.2 Å². The summed E-state index contributed by atoms with van der Waals surface area (Å²) >= 11 is 0. The lowest BCUT2D eigenvalue weighted by atomic mass is 10.00. The highest BCUT2D eigenvalue weighted by Crippen LogP contribution is 2.33. The van der Waals surface area contributed by atoms with Gasteiger partial charge in [-0.3, -0.25) is 15.1 Å². The van der Waals surface area contributed by atoms with Crippen molar-refractivity contribution in [3.05, 3.63) is 48.0 Å². The van der Waals surface area contributed by atoms with Gasteiger partial charge in [0.25, 0.3) is 0 Å². The first-order valence-corrected chi connectivity index (χ1v) is 11.3. The molecule has 3 N–H and O–H groups in total. The zero-order valence-electron chi connectivity index (χ0n) is 19.5. The van der Waals surface area contributed by atoms with Crippen LogP contribution in [-0.2, 0) is 20.7 Å². The minimum Gasteiger partial charge on any atom is -0.493 e. The van der Waals surface area contributed by atoms with Gasteiger partial charge in [-0.2, -0.15) is 0 Å². The minimum absolute atomic E-state index is 0.123. The van der Waals surface area contributed by atoms with E-state index < -0.39 is 0 Å². The predicted molar refractivity (Wildman–Crippen MR) is 131 cm³/mol. The Balaban J connectivity index is 1.74. The van der Waals surface area contributed by atoms with Crippen molar-refractivity contribution in [2.24, 2.45) is 10.7 Å². The van der Waals surface area contributed by atoms with E-state index in [1.807, 2.05) is 12.1 Å². The maximum atomic E-state index is 12.0. The van der Waals surface area contributed by atoms with E-state index in [1.165, 1.54) is 12.7 Å². The van der Waals surface area contributed by atoms with Crippen LogP contribution >= 0.6 is 0 Å². The number of nitrogens with two attached hydrogens (primary N) is 1. The van der Waals surface area contributed by atoms with Crippen LogP contribution in [0.3, 0.4) is 0 Å². The second-order valence-electron chi connectivity index (χ2n) is 7.83. The molecule has 0 spiro atoms. The third kappa shape index (κ3) is 7.47. The lowest BCUT2D eigenvalue weighted by Crippen LogP contribution is -2.36. The highest BCUT2D eigenvalue weighted by atomic mass is 16.5. The van der Waals surface area contributed by atoms with Crippen LogP contribution in [0.25, 0.3) is 11.1 Å². The van der Waals surface area contributed by atoms with Crippen molar-refractivity contribution < 1.29 is 19.0 Å². The van der Waals surface area contributed by atoms with Crippen LogP contribution in [0.2, 0.25) is 0 Å². The molecule has 0 aliphatic carbocycles.